The topological polar surface area (TPSA) is 59.0 Å². The summed E-state index contributed by atoms with van der Waals surface area (Å²) in [5.74, 6) is -4.29. The fraction of sp³-hybridized carbons (Fsp3) is 0.348. The van der Waals surface area contributed by atoms with Gasteiger partial charge in [0.15, 0.2) is 12.3 Å². The van der Waals surface area contributed by atoms with Crippen LogP contribution in [0.25, 0.3) is 5.57 Å². The van der Waals surface area contributed by atoms with Crippen molar-refractivity contribution in [2.24, 2.45) is 0 Å². The molecule has 1 unspecified atom stereocenters. The first kappa shape index (κ1) is 22.1. The summed E-state index contributed by atoms with van der Waals surface area (Å²) in [6.07, 6.45) is 0. The number of alkyl halides is 3. The summed E-state index contributed by atoms with van der Waals surface area (Å²) in [5, 5.41) is 8.86. The molecule has 2 aliphatic heterocycles. The highest BCUT2D eigenvalue weighted by Gasteiger charge is 2.58. The first-order valence-corrected chi connectivity index (χ1v) is 9.95. The third-order valence-corrected chi connectivity index (χ3v) is 5.59. The summed E-state index contributed by atoms with van der Waals surface area (Å²) in [7, 11) is 0. The van der Waals surface area contributed by atoms with Crippen LogP contribution in [0, 0.1) is 5.82 Å². The highest BCUT2D eigenvalue weighted by atomic mass is 19.3. The third-order valence-electron chi connectivity index (χ3n) is 5.59. The molecule has 2 aromatic carbocycles. The molecule has 0 aromatic heterocycles. The van der Waals surface area contributed by atoms with Gasteiger partial charge in [-0.2, -0.15) is 0 Å². The molecule has 1 N–H and O–H groups in total. The molecule has 1 atom stereocenters. The van der Waals surface area contributed by atoms with Crippen molar-refractivity contribution in [3.63, 3.8) is 0 Å². The molecule has 9 heteroatoms. The highest BCUT2D eigenvalue weighted by Crippen LogP contribution is 2.43. The van der Waals surface area contributed by atoms with Gasteiger partial charge < -0.3 is 14.6 Å². The van der Waals surface area contributed by atoms with Crippen LogP contribution in [0.15, 0.2) is 48.0 Å². The minimum atomic E-state index is -3.48. The number of carboxylic acid groups (broad SMARTS) is 1. The minimum absolute atomic E-state index is 0.0292. The van der Waals surface area contributed by atoms with E-state index < -0.39 is 43.1 Å². The Morgan fingerprint density at radius 2 is 1.88 bits per heavy atom. The Labute approximate surface area is 181 Å². The number of hydrogen-bond donors (Lipinski definition) is 1. The molecule has 0 bridgehead atoms. The quantitative estimate of drug-likeness (QED) is 0.669. The number of carbonyl (C=O) groups is 1. The lowest BCUT2D eigenvalue weighted by Crippen LogP contribution is -2.39. The zero-order chi connectivity index (χ0) is 23.1. The molecule has 2 aromatic rings. The Morgan fingerprint density at radius 3 is 2.50 bits per heavy atom. The van der Waals surface area contributed by atoms with Crippen molar-refractivity contribution in [1.29, 1.82) is 0 Å². The van der Waals surface area contributed by atoms with Crippen molar-refractivity contribution >= 4 is 11.5 Å². The Bertz CT molecular complexity index is 1050. The SMILES string of the molecule is CC1(F)CN(CC2=C(c3ccc(F)cc3)c3cc(OCC(=O)O)ccc3OC2)CC1(F)F. The van der Waals surface area contributed by atoms with Gasteiger partial charge in [0, 0.05) is 18.7 Å². The van der Waals surface area contributed by atoms with Gasteiger partial charge in [0.2, 0.25) is 0 Å². The molecule has 2 heterocycles. The molecule has 2 aliphatic rings. The van der Waals surface area contributed by atoms with E-state index in [2.05, 4.69) is 0 Å². The van der Waals surface area contributed by atoms with Gasteiger partial charge in [-0.1, -0.05) is 12.1 Å². The number of fused-ring (bicyclic) bond motifs is 1. The summed E-state index contributed by atoms with van der Waals surface area (Å²) in [5.41, 5.74) is -0.227. The maximum Gasteiger partial charge on any atom is 0.341 e. The van der Waals surface area contributed by atoms with Crippen molar-refractivity contribution in [3.05, 3.63) is 65.0 Å². The van der Waals surface area contributed by atoms with Crippen LogP contribution in [-0.2, 0) is 4.79 Å². The predicted octanol–water partition coefficient (Wildman–Crippen LogP) is 4.16. The summed E-state index contributed by atoms with van der Waals surface area (Å²) in [4.78, 5) is 12.2. The zero-order valence-electron chi connectivity index (χ0n) is 17.2. The standard InChI is InChI=1S/C23H21F4NO4/c1-22(25)12-28(13-23(22,26)27)9-15-10-32-19-7-6-17(31-11-20(29)30)8-18(19)21(15)14-2-4-16(24)5-3-14/h2-8H,9-13H2,1H3,(H,29,30). The van der Waals surface area contributed by atoms with Crippen LogP contribution >= 0.6 is 0 Å². The van der Waals surface area contributed by atoms with Crippen molar-refractivity contribution in [3.8, 4) is 11.5 Å². The van der Waals surface area contributed by atoms with Gasteiger partial charge in [0.1, 0.15) is 23.9 Å². The molecule has 1 fully saturated rings. The second-order valence-electron chi connectivity index (χ2n) is 8.16. The summed E-state index contributed by atoms with van der Waals surface area (Å²) in [6, 6.07) is 10.4. The monoisotopic (exact) mass is 451 g/mol. The van der Waals surface area contributed by atoms with E-state index in [-0.39, 0.29) is 18.9 Å². The zero-order valence-corrected chi connectivity index (χ0v) is 17.2. The van der Waals surface area contributed by atoms with Crippen LogP contribution in [-0.4, -0.2) is 60.4 Å². The molecule has 4 rings (SSSR count). The van der Waals surface area contributed by atoms with E-state index in [0.717, 1.165) is 6.92 Å². The Hall–Kier alpha value is -3.07. The van der Waals surface area contributed by atoms with E-state index in [0.29, 0.717) is 28.0 Å². The van der Waals surface area contributed by atoms with Gasteiger partial charge in [0.05, 0.1) is 6.54 Å². The number of nitrogens with zero attached hydrogens (tertiary/aromatic N) is 1. The lowest BCUT2D eigenvalue weighted by molar-refractivity contribution is -0.139. The van der Waals surface area contributed by atoms with Gasteiger partial charge in [0.25, 0.3) is 5.92 Å². The molecule has 0 aliphatic carbocycles. The maximum atomic E-state index is 14.4. The van der Waals surface area contributed by atoms with E-state index in [1.54, 1.807) is 30.3 Å². The number of carboxylic acids is 1. The molecule has 0 amide bonds. The highest BCUT2D eigenvalue weighted by molar-refractivity contribution is 5.87. The number of ether oxygens (including phenoxy) is 2. The fourth-order valence-corrected chi connectivity index (χ4v) is 4.01. The lowest BCUT2D eigenvalue weighted by Gasteiger charge is -2.27. The second-order valence-corrected chi connectivity index (χ2v) is 8.16. The Kier molecular flexibility index (Phi) is 5.62. The number of halogens is 4. The van der Waals surface area contributed by atoms with Crippen LogP contribution < -0.4 is 9.47 Å². The maximum absolute atomic E-state index is 14.4. The molecule has 0 spiro atoms. The molecule has 32 heavy (non-hydrogen) atoms. The molecular weight excluding hydrogens is 430 g/mol. The van der Waals surface area contributed by atoms with Crippen LogP contribution in [0.1, 0.15) is 18.1 Å². The van der Waals surface area contributed by atoms with Crippen LogP contribution in [0.3, 0.4) is 0 Å². The van der Waals surface area contributed by atoms with Gasteiger partial charge in [-0.05, 0) is 54.0 Å². The predicted molar refractivity (Wildman–Crippen MR) is 108 cm³/mol. The first-order valence-electron chi connectivity index (χ1n) is 9.95. The molecule has 1 saturated heterocycles. The summed E-state index contributed by atoms with van der Waals surface area (Å²) >= 11 is 0. The Balaban J connectivity index is 1.75. The van der Waals surface area contributed by atoms with Gasteiger partial charge in [-0.25, -0.2) is 22.4 Å². The molecule has 0 radical (unpaired) electrons. The van der Waals surface area contributed by atoms with Gasteiger partial charge >= 0.3 is 5.97 Å². The number of aliphatic carboxylic acids is 1. The van der Waals surface area contributed by atoms with Crippen molar-refractivity contribution in [2.45, 2.75) is 18.5 Å². The van der Waals surface area contributed by atoms with E-state index >= 15 is 0 Å². The normalized spacial score (nSPS) is 22.4. The molecular formula is C23H21F4NO4. The van der Waals surface area contributed by atoms with Crippen LogP contribution in [0.4, 0.5) is 17.6 Å². The van der Waals surface area contributed by atoms with E-state index in [1.807, 2.05) is 0 Å². The molecule has 0 saturated carbocycles. The number of benzene rings is 2. The third kappa shape index (κ3) is 4.29. The van der Waals surface area contributed by atoms with Gasteiger partial charge in [-0.3, -0.25) is 4.90 Å². The molecule has 5 nitrogen and oxygen atoms in total. The fourth-order valence-electron chi connectivity index (χ4n) is 4.01. The van der Waals surface area contributed by atoms with Crippen LogP contribution in [0.2, 0.25) is 0 Å². The van der Waals surface area contributed by atoms with Crippen LogP contribution in [0.5, 0.6) is 11.5 Å². The smallest absolute Gasteiger partial charge is 0.341 e. The first-order chi connectivity index (χ1) is 15.1. The average molecular weight is 451 g/mol. The van der Waals surface area contributed by atoms with E-state index in [9.17, 15) is 22.4 Å². The Morgan fingerprint density at radius 1 is 1.16 bits per heavy atom. The lowest BCUT2D eigenvalue weighted by atomic mass is 9.90. The largest absolute Gasteiger partial charge is 0.489 e. The summed E-state index contributed by atoms with van der Waals surface area (Å²) < 4.78 is 67.1. The minimum Gasteiger partial charge on any atom is -0.489 e. The average Bonchev–Trinajstić information content (AvgIpc) is 2.93. The number of likely N-dealkylation sites (tertiary alicyclic amines) is 1. The van der Waals surface area contributed by atoms with Crippen molar-refractivity contribution < 1.29 is 36.9 Å². The van der Waals surface area contributed by atoms with E-state index in [1.165, 1.54) is 17.0 Å². The summed E-state index contributed by atoms with van der Waals surface area (Å²) in [6.45, 7) is -0.702. The van der Waals surface area contributed by atoms with Crippen molar-refractivity contribution in [1.82, 2.24) is 4.90 Å². The molecule has 170 valence electrons. The second kappa shape index (κ2) is 8.12. The number of rotatable bonds is 6. The van der Waals surface area contributed by atoms with Crippen molar-refractivity contribution in [2.75, 3.05) is 32.8 Å². The van der Waals surface area contributed by atoms with Gasteiger partial charge in [-0.15, -0.1) is 0 Å². The number of hydrogen-bond acceptors (Lipinski definition) is 4. The van der Waals surface area contributed by atoms with E-state index in [4.69, 9.17) is 14.6 Å².